The van der Waals surface area contributed by atoms with Crippen LogP contribution in [0.15, 0.2) is 59.4 Å². The topological polar surface area (TPSA) is 45.3 Å². The molecule has 4 nitrogen and oxygen atoms in total. The summed E-state index contributed by atoms with van der Waals surface area (Å²) in [7, 11) is 1.66. The summed E-state index contributed by atoms with van der Waals surface area (Å²) in [6.07, 6.45) is 2.29. The van der Waals surface area contributed by atoms with Crippen LogP contribution in [-0.4, -0.2) is 22.9 Å². The van der Waals surface area contributed by atoms with E-state index >= 15 is 0 Å². The molecule has 1 amide bonds. The molecule has 3 heterocycles. The highest BCUT2D eigenvalue weighted by Gasteiger charge is 2.18. The average Bonchev–Trinajstić information content (AvgIpc) is 3.43. The van der Waals surface area contributed by atoms with Crippen molar-refractivity contribution < 1.29 is 9.53 Å². The first kappa shape index (κ1) is 17.8. The molecule has 0 fully saturated rings. The van der Waals surface area contributed by atoms with E-state index in [4.69, 9.17) is 4.74 Å². The van der Waals surface area contributed by atoms with E-state index in [1.165, 1.54) is 9.75 Å². The van der Waals surface area contributed by atoms with Crippen molar-refractivity contribution in [3.05, 3.63) is 74.7 Å². The first-order chi connectivity index (χ1) is 13.2. The molecular weight excluding hydrogens is 376 g/mol. The molecule has 6 heteroatoms. The van der Waals surface area contributed by atoms with Crippen molar-refractivity contribution in [1.29, 1.82) is 0 Å². The maximum Gasteiger partial charge on any atom is 0.227 e. The fourth-order valence-corrected chi connectivity index (χ4v) is 4.56. The number of H-pyrrole nitrogens is 1. The summed E-state index contributed by atoms with van der Waals surface area (Å²) in [6, 6.07) is 14.1. The van der Waals surface area contributed by atoms with Crippen molar-refractivity contribution >= 4 is 39.5 Å². The second-order valence-corrected chi connectivity index (χ2v) is 8.38. The van der Waals surface area contributed by atoms with E-state index in [9.17, 15) is 4.79 Å². The smallest absolute Gasteiger partial charge is 0.227 e. The number of aromatic nitrogens is 1. The Kier molecular flexibility index (Phi) is 5.27. The minimum atomic E-state index is 0.125. The normalized spacial score (nSPS) is 11.0. The van der Waals surface area contributed by atoms with Crippen molar-refractivity contribution in [2.24, 2.45) is 0 Å². The van der Waals surface area contributed by atoms with E-state index in [1.54, 1.807) is 29.8 Å². The zero-order chi connectivity index (χ0) is 18.6. The molecule has 0 unspecified atom stereocenters. The molecule has 0 saturated heterocycles. The molecule has 138 valence electrons. The first-order valence-electron chi connectivity index (χ1n) is 8.69. The molecule has 4 aromatic rings. The Morgan fingerprint density at radius 1 is 1.07 bits per heavy atom. The SMILES string of the molecule is COc1ccc2[nH]cc(CC(=O)N(Cc3cccs3)Cc3cccs3)c2c1. The van der Waals surface area contributed by atoms with Gasteiger partial charge < -0.3 is 14.6 Å². The monoisotopic (exact) mass is 396 g/mol. The number of carbonyl (C=O) groups excluding carboxylic acids is 1. The number of thiophene rings is 2. The Hall–Kier alpha value is -2.57. The Balaban J connectivity index is 1.57. The predicted octanol–water partition coefficient (Wildman–Crippen LogP) is 5.07. The first-order valence-corrected chi connectivity index (χ1v) is 10.5. The second-order valence-electron chi connectivity index (χ2n) is 6.31. The number of nitrogens with one attached hydrogen (secondary N) is 1. The lowest BCUT2D eigenvalue weighted by Crippen LogP contribution is -2.30. The molecule has 27 heavy (non-hydrogen) atoms. The van der Waals surface area contributed by atoms with Crippen LogP contribution in [0, 0.1) is 0 Å². The third kappa shape index (κ3) is 4.07. The summed E-state index contributed by atoms with van der Waals surface area (Å²) in [5.41, 5.74) is 2.01. The van der Waals surface area contributed by atoms with Crippen LogP contribution in [0.3, 0.4) is 0 Å². The van der Waals surface area contributed by atoms with Crippen molar-refractivity contribution in [3.63, 3.8) is 0 Å². The second kappa shape index (κ2) is 7.98. The summed E-state index contributed by atoms with van der Waals surface area (Å²) >= 11 is 3.37. The lowest BCUT2D eigenvalue weighted by Gasteiger charge is -2.21. The van der Waals surface area contributed by atoms with Crippen LogP contribution in [0.5, 0.6) is 5.75 Å². The predicted molar refractivity (Wildman–Crippen MR) is 111 cm³/mol. The number of aromatic amines is 1. The molecule has 3 aromatic heterocycles. The fourth-order valence-electron chi connectivity index (χ4n) is 3.12. The number of methoxy groups -OCH3 is 1. The van der Waals surface area contributed by atoms with Crippen molar-refractivity contribution in [2.75, 3.05) is 7.11 Å². The highest BCUT2D eigenvalue weighted by atomic mass is 32.1. The quantitative estimate of drug-likeness (QED) is 0.474. The Labute approximate surface area is 166 Å². The van der Waals surface area contributed by atoms with Gasteiger partial charge in [0.1, 0.15) is 5.75 Å². The van der Waals surface area contributed by atoms with Gasteiger partial charge in [-0.1, -0.05) is 12.1 Å². The van der Waals surface area contributed by atoms with Crippen LogP contribution in [0.1, 0.15) is 15.3 Å². The molecular formula is C21H20N2O2S2. The number of fused-ring (bicyclic) bond motifs is 1. The van der Waals surface area contributed by atoms with Crippen LogP contribution >= 0.6 is 22.7 Å². The number of rotatable bonds is 7. The van der Waals surface area contributed by atoms with Gasteiger partial charge in [0.25, 0.3) is 0 Å². The molecule has 0 aliphatic carbocycles. The fraction of sp³-hybridized carbons (Fsp3) is 0.190. The number of amides is 1. The van der Waals surface area contributed by atoms with Gasteiger partial charge in [-0.05, 0) is 46.7 Å². The summed E-state index contributed by atoms with van der Waals surface area (Å²) < 4.78 is 5.33. The number of ether oxygens (including phenoxy) is 1. The number of nitrogens with zero attached hydrogens (tertiary/aromatic N) is 1. The van der Waals surface area contributed by atoms with Gasteiger partial charge in [0.15, 0.2) is 0 Å². The van der Waals surface area contributed by atoms with Crippen molar-refractivity contribution in [2.45, 2.75) is 19.5 Å². The summed E-state index contributed by atoms with van der Waals surface area (Å²) in [6.45, 7) is 1.28. The minimum absolute atomic E-state index is 0.125. The zero-order valence-corrected chi connectivity index (χ0v) is 16.6. The van der Waals surface area contributed by atoms with Crippen LogP contribution in [0.2, 0.25) is 0 Å². The summed E-state index contributed by atoms with van der Waals surface area (Å²) in [4.78, 5) is 20.7. The van der Waals surface area contributed by atoms with Gasteiger partial charge in [0, 0.05) is 26.9 Å². The molecule has 0 saturated carbocycles. The van der Waals surface area contributed by atoms with Gasteiger partial charge >= 0.3 is 0 Å². The highest BCUT2D eigenvalue weighted by molar-refractivity contribution is 7.10. The number of benzene rings is 1. The van der Waals surface area contributed by atoms with E-state index < -0.39 is 0 Å². The number of carbonyl (C=O) groups is 1. The molecule has 0 spiro atoms. The van der Waals surface area contributed by atoms with E-state index in [2.05, 4.69) is 27.9 Å². The van der Waals surface area contributed by atoms with Crippen LogP contribution in [-0.2, 0) is 24.3 Å². The molecule has 0 bridgehead atoms. The Bertz CT molecular complexity index is 984. The minimum Gasteiger partial charge on any atom is -0.497 e. The maximum atomic E-state index is 13.2. The van der Waals surface area contributed by atoms with Gasteiger partial charge in [-0.2, -0.15) is 0 Å². The van der Waals surface area contributed by atoms with E-state index in [1.807, 2.05) is 41.4 Å². The highest BCUT2D eigenvalue weighted by Crippen LogP contribution is 2.25. The lowest BCUT2D eigenvalue weighted by atomic mass is 10.1. The lowest BCUT2D eigenvalue weighted by molar-refractivity contribution is -0.131. The van der Waals surface area contributed by atoms with Gasteiger partial charge in [-0.25, -0.2) is 0 Å². The van der Waals surface area contributed by atoms with E-state index in [0.717, 1.165) is 22.2 Å². The van der Waals surface area contributed by atoms with Gasteiger partial charge in [0.05, 0.1) is 26.6 Å². The van der Waals surface area contributed by atoms with Gasteiger partial charge in [0.2, 0.25) is 5.91 Å². The molecule has 1 N–H and O–H groups in total. The third-order valence-electron chi connectivity index (χ3n) is 4.52. The number of hydrogen-bond donors (Lipinski definition) is 1. The molecule has 0 radical (unpaired) electrons. The van der Waals surface area contributed by atoms with Crippen LogP contribution in [0.4, 0.5) is 0 Å². The largest absolute Gasteiger partial charge is 0.497 e. The molecule has 4 rings (SSSR count). The van der Waals surface area contributed by atoms with E-state index in [-0.39, 0.29) is 5.91 Å². The summed E-state index contributed by atoms with van der Waals surface area (Å²) in [5, 5.41) is 5.14. The summed E-state index contributed by atoms with van der Waals surface area (Å²) in [5.74, 6) is 0.922. The Morgan fingerprint density at radius 2 is 1.78 bits per heavy atom. The van der Waals surface area contributed by atoms with Crippen molar-refractivity contribution in [1.82, 2.24) is 9.88 Å². The molecule has 0 atom stereocenters. The molecule has 0 aliphatic rings. The molecule has 0 aliphatic heterocycles. The van der Waals surface area contributed by atoms with Crippen LogP contribution in [0.25, 0.3) is 10.9 Å². The molecule has 1 aromatic carbocycles. The van der Waals surface area contributed by atoms with Gasteiger partial charge in [-0.15, -0.1) is 22.7 Å². The van der Waals surface area contributed by atoms with Crippen molar-refractivity contribution in [3.8, 4) is 5.75 Å². The van der Waals surface area contributed by atoms with Crippen LogP contribution < -0.4 is 4.74 Å². The number of hydrogen-bond acceptors (Lipinski definition) is 4. The zero-order valence-electron chi connectivity index (χ0n) is 15.0. The van der Waals surface area contributed by atoms with Gasteiger partial charge in [-0.3, -0.25) is 4.79 Å². The average molecular weight is 397 g/mol. The Morgan fingerprint density at radius 3 is 2.37 bits per heavy atom. The standard InChI is InChI=1S/C21H20N2O2S2/c1-25-16-6-7-20-19(11-16)15(12-22-20)10-21(24)23(13-17-4-2-8-26-17)14-18-5-3-9-27-18/h2-9,11-12,22H,10,13-14H2,1H3. The maximum absolute atomic E-state index is 13.2. The van der Waals surface area contributed by atoms with E-state index in [0.29, 0.717) is 19.5 Å². The third-order valence-corrected chi connectivity index (χ3v) is 6.24.